The number of pyridine rings is 1. The van der Waals surface area contributed by atoms with Gasteiger partial charge >= 0.3 is 0 Å². The summed E-state index contributed by atoms with van der Waals surface area (Å²) in [4.78, 5) is 21.9. The highest BCUT2D eigenvalue weighted by atomic mass is 19.1. The predicted octanol–water partition coefficient (Wildman–Crippen LogP) is 5.52. The summed E-state index contributed by atoms with van der Waals surface area (Å²) in [7, 11) is 1.65. The van der Waals surface area contributed by atoms with E-state index in [4.69, 9.17) is 0 Å². The van der Waals surface area contributed by atoms with E-state index in [1.807, 2.05) is 6.92 Å². The average molecular weight is 593 g/mol. The lowest BCUT2D eigenvalue weighted by atomic mass is 9.93. The Morgan fingerprint density at radius 1 is 1.16 bits per heavy atom. The Morgan fingerprint density at radius 3 is 2.56 bits per heavy atom. The minimum Gasteiger partial charge on any atom is -0.387 e. The van der Waals surface area contributed by atoms with Crippen LogP contribution in [-0.2, 0) is 4.79 Å². The van der Waals surface area contributed by atoms with Crippen molar-refractivity contribution in [2.24, 2.45) is 0 Å². The second kappa shape index (κ2) is 11.7. The molecule has 3 N–H and O–H groups in total. The zero-order valence-electron chi connectivity index (χ0n) is 24.6. The molecule has 3 atom stereocenters. The first-order chi connectivity index (χ1) is 20.5. The number of carbonyl (C=O) groups excluding carboxylic acids is 1. The van der Waals surface area contributed by atoms with Gasteiger partial charge in [0.05, 0.1) is 40.0 Å². The van der Waals surface area contributed by atoms with Crippen LogP contribution in [0.3, 0.4) is 0 Å². The summed E-state index contributed by atoms with van der Waals surface area (Å²) < 4.78 is 48.5. The molecule has 226 valence electrons. The highest BCUT2D eigenvalue weighted by molar-refractivity contribution is 6.09. The number of aliphatic hydroxyl groups excluding tert-OH is 1. The first kappa shape index (κ1) is 30.1. The molecule has 2 aromatic carbocycles. The third kappa shape index (κ3) is 5.22. The number of nitrogens with zero attached hydrogens (tertiary/aromatic N) is 4. The Labute approximate surface area is 249 Å². The lowest BCUT2D eigenvalue weighted by Gasteiger charge is -2.48. The van der Waals surface area contributed by atoms with Gasteiger partial charge in [0.2, 0.25) is 5.91 Å². The Balaban J connectivity index is 1.78. The number of hydrogen-bond donors (Lipinski definition) is 3. The van der Waals surface area contributed by atoms with Crippen LogP contribution in [0.15, 0.2) is 49.2 Å². The van der Waals surface area contributed by atoms with Crippen molar-refractivity contribution in [3.63, 3.8) is 0 Å². The Hall–Kier alpha value is -4.38. The highest BCUT2D eigenvalue weighted by Gasteiger charge is 2.40. The average Bonchev–Trinajstić information content (AvgIpc) is 2.97. The zero-order chi connectivity index (χ0) is 31.2. The molecule has 3 unspecified atom stereocenters. The van der Waals surface area contributed by atoms with Gasteiger partial charge < -0.3 is 25.1 Å². The van der Waals surface area contributed by atoms with Gasteiger partial charge in [-0.25, -0.2) is 13.2 Å². The first-order valence-electron chi connectivity index (χ1n) is 14.2. The van der Waals surface area contributed by atoms with Crippen LogP contribution in [0.4, 0.5) is 30.2 Å². The second-order valence-corrected chi connectivity index (χ2v) is 11.2. The van der Waals surface area contributed by atoms with Crippen molar-refractivity contribution >= 4 is 28.8 Å². The largest absolute Gasteiger partial charge is 0.387 e. The fourth-order valence-corrected chi connectivity index (χ4v) is 6.05. The van der Waals surface area contributed by atoms with E-state index in [9.17, 15) is 15.3 Å². The molecule has 1 saturated heterocycles. The molecule has 43 heavy (non-hydrogen) atoms. The summed E-state index contributed by atoms with van der Waals surface area (Å²) in [5.41, 5.74) is 0.0121. The number of fused-ring (bicyclic) bond motifs is 2. The molecule has 0 radical (unpaired) electrons. The van der Waals surface area contributed by atoms with E-state index in [1.165, 1.54) is 37.4 Å². The fourth-order valence-electron chi connectivity index (χ4n) is 6.05. The smallest absolute Gasteiger partial charge is 0.246 e. The molecule has 1 fully saturated rings. The highest BCUT2D eigenvalue weighted by Crippen LogP contribution is 2.45. The molecule has 1 aromatic heterocycles. The van der Waals surface area contributed by atoms with Gasteiger partial charge in [0, 0.05) is 50.5 Å². The number of nitrogens with one attached hydrogen (secondary N) is 2. The number of anilines is 3. The van der Waals surface area contributed by atoms with Crippen LogP contribution in [0.1, 0.15) is 43.2 Å². The van der Waals surface area contributed by atoms with Crippen LogP contribution in [0.2, 0.25) is 0 Å². The molecule has 5 rings (SSSR count). The van der Waals surface area contributed by atoms with E-state index in [1.54, 1.807) is 34.7 Å². The van der Waals surface area contributed by atoms with Crippen LogP contribution in [-0.4, -0.2) is 70.4 Å². The van der Waals surface area contributed by atoms with E-state index < -0.39 is 29.1 Å². The van der Waals surface area contributed by atoms with Crippen molar-refractivity contribution in [3.05, 3.63) is 83.5 Å². The van der Waals surface area contributed by atoms with E-state index in [-0.39, 0.29) is 58.6 Å². The quantitative estimate of drug-likeness (QED) is 0.338. The van der Waals surface area contributed by atoms with Crippen LogP contribution < -0.4 is 10.2 Å². The third-order valence-corrected chi connectivity index (χ3v) is 8.33. The molecule has 11 heteroatoms. The maximum atomic E-state index is 16.8. The molecular weight excluding hydrogens is 557 g/mol. The molecular formula is C32H35F3N6O2. The van der Waals surface area contributed by atoms with Gasteiger partial charge in [-0.3, -0.25) is 15.2 Å². The molecule has 0 aliphatic carbocycles. The predicted molar refractivity (Wildman–Crippen MR) is 161 cm³/mol. The van der Waals surface area contributed by atoms with Crippen LogP contribution in [0.5, 0.6) is 0 Å². The Kier molecular flexibility index (Phi) is 8.20. The molecule has 0 saturated carbocycles. The maximum Gasteiger partial charge on any atom is 0.246 e. The number of aliphatic hydroxyl groups is 1. The minimum atomic E-state index is -1.08. The normalized spacial score (nSPS) is 19.3. The molecule has 8 nitrogen and oxygen atoms in total. The Bertz CT molecular complexity index is 1610. The van der Waals surface area contributed by atoms with Crippen LogP contribution in [0.25, 0.3) is 11.1 Å². The Morgan fingerprint density at radius 2 is 1.88 bits per heavy atom. The number of hydrogen-bond acceptors (Lipinski definition) is 6. The van der Waals surface area contributed by atoms with Crippen LogP contribution >= 0.6 is 0 Å². The summed E-state index contributed by atoms with van der Waals surface area (Å²) in [6, 6.07) is 6.47. The van der Waals surface area contributed by atoms with Crippen molar-refractivity contribution in [1.82, 2.24) is 14.8 Å². The lowest BCUT2D eigenvalue weighted by Crippen LogP contribution is -2.61. The van der Waals surface area contributed by atoms with Crippen molar-refractivity contribution in [1.29, 1.82) is 5.41 Å². The van der Waals surface area contributed by atoms with Gasteiger partial charge in [0.25, 0.3) is 0 Å². The second-order valence-electron chi connectivity index (χ2n) is 11.2. The minimum absolute atomic E-state index is 0.0437. The van der Waals surface area contributed by atoms with Gasteiger partial charge in [-0.05, 0) is 51.0 Å². The maximum absolute atomic E-state index is 16.8. The molecule has 0 bridgehead atoms. The number of aromatic nitrogens is 1. The summed E-state index contributed by atoms with van der Waals surface area (Å²) in [5, 5.41) is 22.9. The molecule has 2 aliphatic rings. The van der Waals surface area contributed by atoms with E-state index in [2.05, 4.69) is 16.9 Å². The summed E-state index contributed by atoms with van der Waals surface area (Å²) in [6.45, 7) is 9.62. The summed E-state index contributed by atoms with van der Waals surface area (Å²) in [6.07, 6.45) is 2.23. The third-order valence-electron chi connectivity index (χ3n) is 8.33. The zero-order valence-corrected chi connectivity index (χ0v) is 24.6. The lowest BCUT2D eigenvalue weighted by molar-refractivity contribution is -0.131. The molecule has 3 heterocycles. The van der Waals surface area contributed by atoms with Gasteiger partial charge in [0.15, 0.2) is 11.6 Å². The molecule has 1 amide bonds. The van der Waals surface area contributed by atoms with Gasteiger partial charge in [-0.15, -0.1) is 0 Å². The fraction of sp³-hybridized carbons (Fsp3) is 0.344. The first-order valence-corrected chi connectivity index (χ1v) is 14.2. The number of benzene rings is 2. The van der Waals surface area contributed by atoms with Crippen molar-refractivity contribution in [3.8, 4) is 11.1 Å². The van der Waals surface area contributed by atoms with E-state index in [0.717, 1.165) is 6.07 Å². The summed E-state index contributed by atoms with van der Waals surface area (Å²) >= 11 is 0. The summed E-state index contributed by atoms with van der Waals surface area (Å²) in [5.74, 6) is -3.22. The van der Waals surface area contributed by atoms with Crippen molar-refractivity contribution in [2.75, 3.05) is 36.9 Å². The number of carbonyl (C=O) groups is 1. The number of amides is 1. The van der Waals surface area contributed by atoms with Gasteiger partial charge in [0.1, 0.15) is 11.7 Å². The molecule has 0 spiro atoms. The van der Waals surface area contributed by atoms with E-state index in [0.29, 0.717) is 30.8 Å². The number of halogens is 3. The van der Waals surface area contributed by atoms with E-state index >= 15 is 13.2 Å². The SMILES string of the molecule is C=CC(=O)N1CC2CCN(C)c3c(F)c(-c4ccccc4F)c(F)c(Nc4c(C)ccnc4C(C)O)c3C(=N)N2CC1C. The van der Waals surface area contributed by atoms with Crippen LogP contribution in [0, 0.1) is 29.8 Å². The van der Waals surface area contributed by atoms with Gasteiger partial charge in [-0.2, -0.15) is 0 Å². The van der Waals surface area contributed by atoms with Crippen molar-refractivity contribution in [2.45, 2.75) is 45.4 Å². The number of rotatable bonds is 5. The number of amidine groups is 1. The van der Waals surface area contributed by atoms with Gasteiger partial charge in [-0.1, -0.05) is 24.8 Å². The monoisotopic (exact) mass is 592 g/mol. The van der Waals surface area contributed by atoms with Crippen molar-refractivity contribution < 1.29 is 23.1 Å². The topological polar surface area (TPSA) is 95.8 Å². The number of aryl methyl sites for hydroxylation is 1. The molecule has 2 aliphatic heterocycles. The number of piperazine rings is 1. The molecule has 3 aromatic rings. The standard InChI is InChI=1S/C32H35F3N6O2/c1-6-23(43)40-16-20-12-14-39(5)31-25(32(36)41(20)15-18(40)3)30(38-28-17(2)11-13-37-29(28)19(4)42)26(34)24(27(31)35)21-9-7-8-10-22(21)33/h6-11,13,18-20,36,38,42H,1,12,14-16H2,2-5H3.